The van der Waals surface area contributed by atoms with Gasteiger partial charge in [-0.3, -0.25) is 0 Å². The molecule has 0 radical (unpaired) electrons. The van der Waals surface area contributed by atoms with E-state index in [9.17, 15) is 8.42 Å². The molecular weight excluding hydrogens is 212 g/mol. The molecule has 1 unspecified atom stereocenters. The van der Waals surface area contributed by atoms with Gasteiger partial charge in [-0.05, 0) is 19.3 Å². The minimum Gasteiger partial charge on any atom is -0.378 e. The zero-order valence-corrected chi connectivity index (χ0v) is 8.90. The van der Waals surface area contributed by atoms with Crippen molar-refractivity contribution >= 4 is 19.7 Å². The van der Waals surface area contributed by atoms with Crippen molar-refractivity contribution in [3.05, 3.63) is 11.5 Å². The molecule has 1 heterocycles. The third-order valence-electron chi connectivity index (χ3n) is 2.07. The molecule has 1 aliphatic rings. The molecule has 0 aromatic carbocycles. The van der Waals surface area contributed by atoms with Gasteiger partial charge in [-0.25, -0.2) is 8.42 Å². The zero-order valence-electron chi connectivity index (χ0n) is 7.33. The maximum Gasteiger partial charge on any atom is 0.256 e. The van der Waals surface area contributed by atoms with Gasteiger partial charge >= 0.3 is 0 Å². The van der Waals surface area contributed by atoms with Crippen LogP contribution in [0.1, 0.15) is 25.7 Å². The third kappa shape index (κ3) is 3.67. The summed E-state index contributed by atoms with van der Waals surface area (Å²) in [5.74, 6) is 0. The first kappa shape index (κ1) is 11.0. The van der Waals surface area contributed by atoms with Gasteiger partial charge in [0.15, 0.2) is 0 Å². The number of halogens is 1. The molecule has 0 aliphatic carbocycles. The molecule has 0 bridgehead atoms. The molecule has 0 N–H and O–H groups in total. The molecule has 0 saturated carbocycles. The summed E-state index contributed by atoms with van der Waals surface area (Å²) in [6, 6.07) is 0. The van der Waals surface area contributed by atoms with E-state index >= 15 is 0 Å². The molecule has 0 spiro atoms. The molecule has 13 heavy (non-hydrogen) atoms. The van der Waals surface area contributed by atoms with Crippen molar-refractivity contribution in [3.8, 4) is 0 Å². The molecular formula is C8H13ClO3S. The summed E-state index contributed by atoms with van der Waals surface area (Å²) >= 11 is 0. The van der Waals surface area contributed by atoms with Crippen LogP contribution in [0.3, 0.4) is 0 Å². The lowest BCUT2D eigenvalue weighted by Gasteiger charge is -2.22. The van der Waals surface area contributed by atoms with Crippen molar-refractivity contribution in [2.75, 3.05) is 6.61 Å². The van der Waals surface area contributed by atoms with Crippen molar-refractivity contribution in [3.63, 3.8) is 0 Å². The second kappa shape index (κ2) is 4.44. The smallest absolute Gasteiger partial charge is 0.256 e. The molecule has 3 nitrogen and oxygen atoms in total. The first-order chi connectivity index (χ1) is 6.00. The predicted octanol–water partition coefficient (Wildman–Crippen LogP) is 2.03. The molecule has 5 heteroatoms. The van der Waals surface area contributed by atoms with E-state index < -0.39 is 9.05 Å². The van der Waals surface area contributed by atoms with Crippen molar-refractivity contribution in [1.82, 2.24) is 0 Å². The quantitative estimate of drug-likeness (QED) is 0.689. The molecule has 1 rings (SSSR count). The maximum absolute atomic E-state index is 10.8. The molecule has 1 aliphatic heterocycles. The Morgan fingerprint density at radius 2 is 2.23 bits per heavy atom. The van der Waals surface area contributed by atoms with E-state index in [-0.39, 0.29) is 11.0 Å². The Labute approximate surface area is 83.1 Å². The van der Waals surface area contributed by atoms with Crippen LogP contribution in [0.25, 0.3) is 0 Å². The number of rotatable bonds is 3. The van der Waals surface area contributed by atoms with Gasteiger partial charge in [-0.2, -0.15) is 0 Å². The summed E-state index contributed by atoms with van der Waals surface area (Å²) in [5.41, 5.74) is 0. The van der Waals surface area contributed by atoms with E-state index in [2.05, 4.69) is 6.58 Å². The van der Waals surface area contributed by atoms with Gasteiger partial charge in [0, 0.05) is 23.7 Å². The van der Waals surface area contributed by atoms with Crippen LogP contribution in [0.4, 0.5) is 0 Å². The summed E-state index contributed by atoms with van der Waals surface area (Å²) in [4.78, 5) is 0.0565. The highest BCUT2D eigenvalue weighted by atomic mass is 35.7. The minimum absolute atomic E-state index is 0.0187. The average Bonchev–Trinajstić information content (AvgIpc) is 2.04. The summed E-state index contributed by atoms with van der Waals surface area (Å²) in [7, 11) is 1.52. The van der Waals surface area contributed by atoms with Crippen LogP contribution in [0.5, 0.6) is 0 Å². The topological polar surface area (TPSA) is 43.4 Å². The monoisotopic (exact) mass is 224 g/mol. The van der Waals surface area contributed by atoms with Gasteiger partial charge in [-0.1, -0.05) is 6.58 Å². The van der Waals surface area contributed by atoms with Crippen molar-refractivity contribution in [2.24, 2.45) is 0 Å². The fraction of sp³-hybridized carbons (Fsp3) is 0.750. The first-order valence-corrected chi connectivity index (χ1v) is 6.55. The van der Waals surface area contributed by atoms with E-state index in [1.54, 1.807) is 0 Å². The SMILES string of the molecule is C=C(CC1CCCCO1)S(=O)(=O)Cl. The van der Waals surface area contributed by atoms with E-state index in [0.717, 1.165) is 19.3 Å². The normalized spacial score (nSPS) is 24.2. The van der Waals surface area contributed by atoms with Gasteiger partial charge in [0.2, 0.25) is 0 Å². The second-order valence-electron chi connectivity index (χ2n) is 3.17. The lowest BCUT2D eigenvalue weighted by atomic mass is 10.1. The van der Waals surface area contributed by atoms with Gasteiger partial charge in [0.05, 0.1) is 11.0 Å². The predicted molar refractivity (Wildman–Crippen MR) is 52.1 cm³/mol. The van der Waals surface area contributed by atoms with Gasteiger partial charge in [0.25, 0.3) is 9.05 Å². The molecule has 0 aromatic rings. The Hall–Kier alpha value is -0.0600. The highest BCUT2D eigenvalue weighted by Gasteiger charge is 2.20. The first-order valence-electron chi connectivity index (χ1n) is 4.24. The maximum atomic E-state index is 10.8. The zero-order chi connectivity index (χ0) is 9.90. The lowest BCUT2D eigenvalue weighted by molar-refractivity contribution is 0.0178. The highest BCUT2D eigenvalue weighted by molar-refractivity contribution is 8.16. The average molecular weight is 225 g/mol. The largest absolute Gasteiger partial charge is 0.378 e. The van der Waals surface area contributed by atoms with Crippen LogP contribution in [-0.4, -0.2) is 21.1 Å². The molecule has 1 fully saturated rings. The molecule has 1 saturated heterocycles. The number of hydrogen-bond donors (Lipinski definition) is 0. The minimum atomic E-state index is -3.60. The van der Waals surface area contributed by atoms with E-state index in [1.165, 1.54) is 0 Å². The Morgan fingerprint density at radius 1 is 1.54 bits per heavy atom. The van der Waals surface area contributed by atoms with Gasteiger partial charge in [0.1, 0.15) is 0 Å². The van der Waals surface area contributed by atoms with Crippen molar-refractivity contribution < 1.29 is 13.2 Å². The summed E-state index contributed by atoms with van der Waals surface area (Å²) in [5, 5.41) is 0. The van der Waals surface area contributed by atoms with E-state index in [0.29, 0.717) is 13.0 Å². The Kier molecular flexibility index (Phi) is 3.76. The Morgan fingerprint density at radius 3 is 2.69 bits per heavy atom. The van der Waals surface area contributed by atoms with Crippen LogP contribution in [0, 0.1) is 0 Å². The standard InChI is InChI=1S/C8H13ClO3S/c1-7(13(9,10)11)6-8-4-2-3-5-12-8/h8H,1-6H2. The van der Waals surface area contributed by atoms with Gasteiger partial charge in [-0.15, -0.1) is 0 Å². The van der Waals surface area contributed by atoms with Crippen LogP contribution < -0.4 is 0 Å². The number of hydrogen-bond acceptors (Lipinski definition) is 3. The molecule has 0 aromatic heterocycles. The lowest BCUT2D eigenvalue weighted by Crippen LogP contribution is -2.20. The van der Waals surface area contributed by atoms with Crippen LogP contribution in [0.2, 0.25) is 0 Å². The van der Waals surface area contributed by atoms with E-state index in [4.69, 9.17) is 15.4 Å². The highest BCUT2D eigenvalue weighted by Crippen LogP contribution is 2.22. The van der Waals surface area contributed by atoms with Crippen molar-refractivity contribution in [1.29, 1.82) is 0 Å². The fourth-order valence-corrected chi connectivity index (χ4v) is 1.90. The summed E-state index contributed by atoms with van der Waals surface area (Å²) in [6.07, 6.45) is 3.34. The molecule has 1 atom stereocenters. The fourth-order valence-electron chi connectivity index (χ4n) is 1.32. The summed E-state index contributed by atoms with van der Waals surface area (Å²) < 4.78 is 27.0. The summed E-state index contributed by atoms with van der Waals surface area (Å²) in [6.45, 7) is 4.13. The van der Waals surface area contributed by atoms with E-state index in [1.807, 2.05) is 0 Å². The molecule has 0 amide bonds. The Bertz CT molecular complexity index is 278. The van der Waals surface area contributed by atoms with Crippen LogP contribution >= 0.6 is 10.7 Å². The second-order valence-corrected chi connectivity index (χ2v) is 5.84. The molecule has 76 valence electrons. The van der Waals surface area contributed by atoms with Crippen LogP contribution in [0.15, 0.2) is 11.5 Å². The number of ether oxygens (including phenoxy) is 1. The van der Waals surface area contributed by atoms with Gasteiger partial charge < -0.3 is 4.74 Å². The van der Waals surface area contributed by atoms with Crippen molar-refractivity contribution in [2.45, 2.75) is 31.8 Å². The Balaban J connectivity index is 2.44. The van der Waals surface area contributed by atoms with Crippen LogP contribution in [-0.2, 0) is 13.8 Å². The third-order valence-corrected chi connectivity index (χ3v) is 3.59.